The van der Waals surface area contributed by atoms with E-state index in [0.717, 1.165) is 0 Å². The molecule has 1 N–H and O–H groups in total. The molecule has 1 aromatic heterocycles. The van der Waals surface area contributed by atoms with E-state index in [0.29, 0.717) is 6.54 Å². The molecule has 72 valence electrons. The van der Waals surface area contributed by atoms with Gasteiger partial charge >= 0.3 is 0 Å². The van der Waals surface area contributed by atoms with Crippen molar-refractivity contribution >= 4 is 33.4 Å². The van der Waals surface area contributed by atoms with Crippen LogP contribution in [-0.2, 0) is 0 Å². The van der Waals surface area contributed by atoms with Gasteiger partial charge in [-0.15, -0.1) is 0 Å². The molecule has 0 aliphatic rings. The van der Waals surface area contributed by atoms with Gasteiger partial charge in [-0.1, -0.05) is 22.9 Å². The molecule has 3 nitrogen and oxygen atoms in total. The third-order valence-corrected chi connectivity index (χ3v) is 1.87. The van der Waals surface area contributed by atoms with Gasteiger partial charge in [-0.3, -0.25) is 4.79 Å². The maximum Gasteiger partial charge on any atom is 0.287 e. The Hall–Kier alpha value is -0.480. The molecule has 1 unspecified atom stereocenters. The summed E-state index contributed by atoms with van der Waals surface area (Å²) in [5.41, 5.74) is 0. The van der Waals surface area contributed by atoms with Crippen LogP contribution in [0.5, 0.6) is 0 Å². The molecule has 1 aromatic rings. The lowest BCUT2D eigenvalue weighted by Gasteiger charge is -2.03. The third-order valence-electron chi connectivity index (χ3n) is 1.34. The molecule has 1 rings (SSSR count). The van der Waals surface area contributed by atoms with Crippen molar-refractivity contribution in [2.24, 2.45) is 0 Å². The average Bonchev–Trinajstić information content (AvgIpc) is 2.47. The topological polar surface area (TPSA) is 42.2 Å². The van der Waals surface area contributed by atoms with E-state index in [1.807, 2.05) is 6.92 Å². The highest BCUT2D eigenvalue weighted by Crippen LogP contribution is 2.12. The lowest BCUT2D eigenvalue weighted by Crippen LogP contribution is -2.27. The molecule has 13 heavy (non-hydrogen) atoms. The maximum absolute atomic E-state index is 11.3. The Labute approximate surface area is 89.6 Å². The van der Waals surface area contributed by atoms with Crippen molar-refractivity contribution in [3.05, 3.63) is 23.1 Å². The van der Waals surface area contributed by atoms with Gasteiger partial charge in [0.15, 0.2) is 11.0 Å². The molecule has 0 radical (unpaired) electrons. The predicted molar refractivity (Wildman–Crippen MR) is 54.4 cm³/mol. The van der Waals surface area contributed by atoms with Crippen LogP contribution in [0.15, 0.2) is 16.5 Å². The fourth-order valence-electron chi connectivity index (χ4n) is 0.757. The first-order valence-electron chi connectivity index (χ1n) is 3.77. The first-order valence-corrected chi connectivity index (χ1v) is 5.06. The molecule has 0 saturated heterocycles. The summed E-state index contributed by atoms with van der Waals surface area (Å²) in [6.45, 7) is 2.49. The summed E-state index contributed by atoms with van der Waals surface area (Å²) < 4.78 is 4.92. The van der Waals surface area contributed by atoms with E-state index in [9.17, 15) is 4.79 Å². The van der Waals surface area contributed by atoms with Crippen LogP contribution in [0.4, 0.5) is 0 Å². The number of furan rings is 1. The summed E-state index contributed by atoms with van der Waals surface area (Å²) in [6.07, 6.45) is 0. The fourth-order valence-corrected chi connectivity index (χ4v) is 1.06. The average molecular weight is 267 g/mol. The monoisotopic (exact) mass is 265 g/mol. The zero-order valence-corrected chi connectivity index (χ0v) is 9.35. The summed E-state index contributed by atoms with van der Waals surface area (Å²) in [6, 6.07) is 3.07. The quantitative estimate of drug-likeness (QED) is 0.854. The van der Waals surface area contributed by atoms with E-state index >= 15 is 0 Å². The Bertz CT molecular complexity index is 298. The van der Waals surface area contributed by atoms with Crippen molar-refractivity contribution in [2.75, 3.05) is 6.54 Å². The smallest absolute Gasteiger partial charge is 0.287 e. The zero-order valence-electron chi connectivity index (χ0n) is 7.01. The van der Waals surface area contributed by atoms with E-state index in [1.165, 1.54) is 12.1 Å². The molecule has 1 amide bonds. The second-order valence-electron chi connectivity index (χ2n) is 2.59. The van der Waals surface area contributed by atoms with Gasteiger partial charge in [-0.05, 0) is 23.7 Å². The SMILES string of the molecule is CC(Br)CNC(=O)c1ccc(Cl)o1. The second kappa shape index (κ2) is 4.67. The molecular formula is C8H9BrClNO2. The standard InChI is InChI=1S/C8H9BrClNO2/c1-5(9)4-11-8(12)6-2-3-7(10)13-6/h2-3,5H,4H2,1H3,(H,11,12). The van der Waals surface area contributed by atoms with Crippen molar-refractivity contribution < 1.29 is 9.21 Å². The van der Waals surface area contributed by atoms with Crippen LogP contribution in [0.3, 0.4) is 0 Å². The van der Waals surface area contributed by atoms with E-state index in [4.69, 9.17) is 16.0 Å². The number of hydrogen-bond donors (Lipinski definition) is 1. The van der Waals surface area contributed by atoms with E-state index < -0.39 is 0 Å². The highest BCUT2D eigenvalue weighted by molar-refractivity contribution is 9.09. The summed E-state index contributed by atoms with van der Waals surface area (Å²) in [7, 11) is 0. The number of hydrogen-bond acceptors (Lipinski definition) is 2. The van der Waals surface area contributed by atoms with Crippen molar-refractivity contribution in [1.29, 1.82) is 0 Å². The van der Waals surface area contributed by atoms with Crippen LogP contribution < -0.4 is 5.32 Å². The van der Waals surface area contributed by atoms with Crippen LogP contribution in [0.25, 0.3) is 0 Å². The van der Waals surface area contributed by atoms with Gasteiger partial charge in [0.1, 0.15) is 0 Å². The summed E-state index contributed by atoms with van der Waals surface area (Å²) in [4.78, 5) is 11.5. The summed E-state index contributed by atoms with van der Waals surface area (Å²) in [5.74, 6) is -0.0173. The van der Waals surface area contributed by atoms with Gasteiger partial charge < -0.3 is 9.73 Å². The minimum Gasteiger partial charge on any atom is -0.440 e. The van der Waals surface area contributed by atoms with Gasteiger partial charge in [0.2, 0.25) is 0 Å². The first-order chi connectivity index (χ1) is 6.09. The van der Waals surface area contributed by atoms with Crippen LogP contribution in [0, 0.1) is 0 Å². The number of nitrogens with one attached hydrogen (secondary N) is 1. The molecule has 0 bridgehead atoms. The van der Waals surface area contributed by atoms with Crippen LogP contribution >= 0.6 is 27.5 Å². The van der Waals surface area contributed by atoms with Crippen LogP contribution in [0.2, 0.25) is 5.22 Å². The first kappa shape index (κ1) is 10.6. The largest absolute Gasteiger partial charge is 0.440 e. The maximum atomic E-state index is 11.3. The number of halogens is 2. The van der Waals surface area contributed by atoms with Gasteiger partial charge in [0.05, 0.1) is 0 Å². The normalized spacial score (nSPS) is 12.5. The lowest BCUT2D eigenvalue weighted by atomic mass is 10.4. The summed E-state index contributed by atoms with van der Waals surface area (Å²) >= 11 is 8.82. The highest BCUT2D eigenvalue weighted by Gasteiger charge is 2.10. The van der Waals surface area contributed by atoms with Crippen LogP contribution in [-0.4, -0.2) is 17.3 Å². The predicted octanol–water partition coefficient (Wildman–Crippen LogP) is 2.45. The Morgan fingerprint density at radius 2 is 2.46 bits per heavy atom. The van der Waals surface area contributed by atoms with E-state index in [-0.39, 0.29) is 21.7 Å². The molecule has 0 fully saturated rings. The van der Waals surface area contributed by atoms with Crippen molar-refractivity contribution in [3.63, 3.8) is 0 Å². The molecule has 0 spiro atoms. The van der Waals surface area contributed by atoms with E-state index in [2.05, 4.69) is 21.2 Å². The summed E-state index contributed by atoms with van der Waals surface area (Å²) in [5, 5.41) is 2.89. The molecule has 1 atom stereocenters. The molecule has 0 aliphatic carbocycles. The number of amides is 1. The fraction of sp³-hybridized carbons (Fsp3) is 0.375. The Morgan fingerprint density at radius 3 is 2.92 bits per heavy atom. The molecule has 0 aromatic carbocycles. The number of alkyl halides is 1. The molecule has 0 aliphatic heterocycles. The number of rotatable bonds is 3. The Morgan fingerprint density at radius 1 is 1.77 bits per heavy atom. The third kappa shape index (κ3) is 3.40. The van der Waals surface area contributed by atoms with Gasteiger partial charge in [-0.25, -0.2) is 0 Å². The Kier molecular flexibility index (Phi) is 3.81. The molecule has 1 heterocycles. The second-order valence-corrected chi connectivity index (χ2v) is 4.53. The van der Waals surface area contributed by atoms with Gasteiger partial charge in [-0.2, -0.15) is 0 Å². The molecular weight excluding hydrogens is 257 g/mol. The minimum atomic E-state index is -0.252. The highest BCUT2D eigenvalue weighted by atomic mass is 79.9. The minimum absolute atomic E-state index is 0.219. The van der Waals surface area contributed by atoms with Crippen LogP contribution in [0.1, 0.15) is 17.5 Å². The molecule has 0 saturated carbocycles. The zero-order chi connectivity index (χ0) is 9.84. The van der Waals surface area contributed by atoms with Crippen molar-refractivity contribution in [1.82, 2.24) is 5.32 Å². The van der Waals surface area contributed by atoms with Gasteiger partial charge in [0, 0.05) is 11.4 Å². The number of carbonyl (C=O) groups is 1. The van der Waals surface area contributed by atoms with Crippen molar-refractivity contribution in [2.45, 2.75) is 11.8 Å². The van der Waals surface area contributed by atoms with E-state index in [1.54, 1.807) is 0 Å². The van der Waals surface area contributed by atoms with Gasteiger partial charge in [0.25, 0.3) is 5.91 Å². The molecule has 5 heteroatoms. The number of carbonyl (C=O) groups excluding carboxylic acids is 1. The Balaban J connectivity index is 2.49. The van der Waals surface area contributed by atoms with Crippen molar-refractivity contribution in [3.8, 4) is 0 Å². The lowest BCUT2D eigenvalue weighted by molar-refractivity contribution is 0.0927.